The highest BCUT2D eigenvalue weighted by Crippen LogP contribution is 2.53. The van der Waals surface area contributed by atoms with Crippen molar-refractivity contribution >= 4 is 15.8 Å². The Hall–Kier alpha value is -1.76. The number of hydrogen-bond donors (Lipinski definition) is 1. The quantitative estimate of drug-likeness (QED) is 0.875. The number of ether oxygens (including phenoxy) is 2. The second-order valence-electron chi connectivity index (χ2n) is 4.80. The summed E-state index contributed by atoms with van der Waals surface area (Å²) >= 11 is 0. The van der Waals surface area contributed by atoms with E-state index in [1.807, 2.05) is 0 Å². The summed E-state index contributed by atoms with van der Waals surface area (Å²) in [6, 6.07) is 5.03. The predicted octanol–water partition coefficient (Wildman–Crippen LogP) is 0.626. The lowest BCUT2D eigenvalue weighted by Gasteiger charge is -2.01. The van der Waals surface area contributed by atoms with Crippen LogP contribution in [0.25, 0.3) is 0 Å². The van der Waals surface area contributed by atoms with Gasteiger partial charge in [-0.3, -0.25) is 4.79 Å². The molecule has 0 bridgehead atoms. The van der Waals surface area contributed by atoms with Gasteiger partial charge in [-0.15, -0.1) is 0 Å². The van der Waals surface area contributed by atoms with Crippen LogP contribution in [0.1, 0.15) is 11.5 Å². The molecule has 1 aliphatic carbocycles. The number of benzene rings is 1. The van der Waals surface area contributed by atoms with Crippen LogP contribution < -0.4 is 9.47 Å². The average molecular weight is 284 g/mol. The Morgan fingerprint density at radius 2 is 2.00 bits per heavy atom. The van der Waals surface area contributed by atoms with Crippen LogP contribution in [-0.2, 0) is 14.6 Å². The third-order valence-corrected chi connectivity index (χ3v) is 5.09. The van der Waals surface area contributed by atoms with E-state index >= 15 is 0 Å². The van der Waals surface area contributed by atoms with E-state index < -0.39 is 32.9 Å². The molecule has 1 fully saturated rings. The SMILES string of the molecule is CS(=O)(=O)[C@H]1[C@@H](C(=O)O)[C@@H]1c1ccc2c(c1)OCO2. The molecule has 0 aromatic heterocycles. The second kappa shape index (κ2) is 3.86. The first-order chi connectivity index (χ1) is 8.89. The van der Waals surface area contributed by atoms with Gasteiger partial charge in [0.05, 0.1) is 11.2 Å². The predicted molar refractivity (Wildman–Crippen MR) is 65.1 cm³/mol. The number of fused-ring (bicyclic) bond motifs is 1. The summed E-state index contributed by atoms with van der Waals surface area (Å²) in [4.78, 5) is 11.1. The summed E-state index contributed by atoms with van der Waals surface area (Å²) in [6.07, 6.45) is 1.07. The normalized spacial score (nSPS) is 28.2. The minimum atomic E-state index is -3.39. The third-order valence-electron chi connectivity index (χ3n) is 3.51. The zero-order valence-corrected chi connectivity index (χ0v) is 10.9. The molecule has 0 saturated heterocycles. The first-order valence-corrected chi connectivity index (χ1v) is 7.66. The molecule has 1 heterocycles. The molecule has 1 aliphatic heterocycles. The molecular formula is C12H12O6S. The fourth-order valence-electron chi connectivity index (χ4n) is 2.63. The highest BCUT2D eigenvalue weighted by molar-refractivity contribution is 7.91. The summed E-state index contributed by atoms with van der Waals surface area (Å²) < 4.78 is 33.6. The molecule has 3 rings (SSSR count). The first-order valence-electron chi connectivity index (χ1n) is 5.71. The molecule has 2 aliphatic rings. The van der Waals surface area contributed by atoms with E-state index in [2.05, 4.69) is 0 Å². The standard InChI is InChI=1S/C12H12O6S/c1-19(15,16)11-9(10(11)12(13)14)6-2-3-7-8(4-6)18-5-17-7/h2-4,9-11H,5H2,1H3,(H,13,14)/t9-,10-,11+/m0/s1. The van der Waals surface area contributed by atoms with Crippen molar-refractivity contribution in [2.45, 2.75) is 11.2 Å². The highest BCUT2D eigenvalue weighted by atomic mass is 32.2. The lowest BCUT2D eigenvalue weighted by molar-refractivity contribution is -0.138. The molecule has 0 amide bonds. The fourth-order valence-corrected chi connectivity index (χ4v) is 4.21. The zero-order valence-electron chi connectivity index (χ0n) is 10.1. The van der Waals surface area contributed by atoms with Gasteiger partial charge in [0.2, 0.25) is 6.79 Å². The maximum atomic E-state index is 11.6. The summed E-state index contributed by atoms with van der Waals surface area (Å²) in [5.41, 5.74) is 0.659. The van der Waals surface area contributed by atoms with Crippen LogP contribution in [0, 0.1) is 5.92 Å². The van der Waals surface area contributed by atoms with Crippen LogP contribution in [0.5, 0.6) is 11.5 Å². The Labute approximate surface area is 109 Å². The largest absolute Gasteiger partial charge is 0.481 e. The molecule has 7 heteroatoms. The number of rotatable bonds is 3. The van der Waals surface area contributed by atoms with Crippen molar-refractivity contribution in [1.29, 1.82) is 0 Å². The Balaban J connectivity index is 1.96. The molecule has 0 radical (unpaired) electrons. The molecule has 3 atom stereocenters. The van der Waals surface area contributed by atoms with Gasteiger partial charge < -0.3 is 14.6 Å². The molecular weight excluding hydrogens is 272 g/mol. The number of aliphatic carboxylic acids is 1. The van der Waals surface area contributed by atoms with Gasteiger partial charge >= 0.3 is 5.97 Å². The molecule has 1 N–H and O–H groups in total. The minimum Gasteiger partial charge on any atom is -0.481 e. The van der Waals surface area contributed by atoms with E-state index in [1.165, 1.54) is 0 Å². The summed E-state index contributed by atoms with van der Waals surface area (Å²) in [5, 5.41) is 8.24. The molecule has 1 aromatic carbocycles. The minimum absolute atomic E-state index is 0.126. The van der Waals surface area contributed by atoms with Crippen molar-refractivity contribution in [2.75, 3.05) is 13.0 Å². The monoisotopic (exact) mass is 284 g/mol. The van der Waals surface area contributed by atoms with Crippen molar-refractivity contribution in [1.82, 2.24) is 0 Å². The van der Waals surface area contributed by atoms with E-state index in [0.29, 0.717) is 17.1 Å². The Morgan fingerprint density at radius 1 is 1.32 bits per heavy atom. The lowest BCUT2D eigenvalue weighted by Crippen LogP contribution is -2.10. The van der Waals surface area contributed by atoms with Crippen LogP contribution in [-0.4, -0.2) is 37.8 Å². The molecule has 0 spiro atoms. The van der Waals surface area contributed by atoms with Gasteiger partial charge in [0.25, 0.3) is 0 Å². The van der Waals surface area contributed by atoms with Crippen LogP contribution in [0.2, 0.25) is 0 Å². The lowest BCUT2D eigenvalue weighted by atomic mass is 10.1. The maximum Gasteiger partial charge on any atom is 0.308 e. The van der Waals surface area contributed by atoms with Crippen molar-refractivity contribution in [3.05, 3.63) is 23.8 Å². The van der Waals surface area contributed by atoms with Crippen molar-refractivity contribution in [3.63, 3.8) is 0 Å². The van der Waals surface area contributed by atoms with Crippen LogP contribution >= 0.6 is 0 Å². The molecule has 102 valence electrons. The summed E-state index contributed by atoms with van der Waals surface area (Å²) in [5.74, 6) is -1.36. The molecule has 1 saturated carbocycles. The van der Waals surface area contributed by atoms with E-state index in [1.54, 1.807) is 18.2 Å². The number of hydrogen-bond acceptors (Lipinski definition) is 5. The van der Waals surface area contributed by atoms with Crippen LogP contribution in [0.15, 0.2) is 18.2 Å². The third kappa shape index (κ3) is 1.94. The molecule has 1 aromatic rings. The fraction of sp³-hybridized carbons (Fsp3) is 0.417. The van der Waals surface area contributed by atoms with Gasteiger partial charge in [0.15, 0.2) is 21.3 Å². The van der Waals surface area contributed by atoms with Crippen molar-refractivity contribution in [3.8, 4) is 11.5 Å². The molecule has 0 unspecified atom stereocenters. The van der Waals surface area contributed by atoms with Gasteiger partial charge in [0.1, 0.15) is 0 Å². The molecule has 19 heavy (non-hydrogen) atoms. The van der Waals surface area contributed by atoms with E-state index in [4.69, 9.17) is 14.6 Å². The van der Waals surface area contributed by atoms with Crippen LogP contribution in [0.4, 0.5) is 0 Å². The average Bonchev–Trinajstić information content (AvgIpc) is 2.93. The second-order valence-corrected chi connectivity index (χ2v) is 7.00. The van der Waals surface area contributed by atoms with Gasteiger partial charge in [-0.1, -0.05) is 6.07 Å². The topological polar surface area (TPSA) is 89.9 Å². The summed E-state index contributed by atoms with van der Waals surface area (Å²) in [7, 11) is -3.39. The van der Waals surface area contributed by atoms with Gasteiger partial charge in [0, 0.05) is 12.2 Å². The van der Waals surface area contributed by atoms with Gasteiger partial charge in [-0.2, -0.15) is 0 Å². The first kappa shape index (κ1) is 12.3. The number of carboxylic acid groups (broad SMARTS) is 1. The smallest absolute Gasteiger partial charge is 0.308 e. The Morgan fingerprint density at radius 3 is 2.58 bits per heavy atom. The summed E-state index contributed by atoms with van der Waals surface area (Å²) in [6.45, 7) is 0.126. The maximum absolute atomic E-state index is 11.6. The zero-order chi connectivity index (χ0) is 13.8. The Kier molecular flexibility index (Phi) is 2.50. The number of carbonyl (C=O) groups is 1. The molecule has 6 nitrogen and oxygen atoms in total. The van der Waals surface area contributed by atoms with E-state index in [9.17, 15) is 13.2 Å². The van der Waals surface area contributed by atoms with E-state index in [0.717, 1.165) is 6.26 Å². The van der Waals surface area contributed by atoms with Crippen molar-refractivity contribution < 1.29 is 27.8 Å². The van der Waals surface area contributed by atoms with E-state index in [-0.39, 0.29) is 6.79 Å². The highest BCUT2D eigenvalue weighted by Gasteiger charge is 2.61. The van der Waals surface area contributed by atoms with Crippen LogP contribution in [0.3, 0.4) is 0 Å². The number of carboxylic acids is 1. The van der Waals surface area contributed by atoms with Gasteiger partial charge in [-0.05, 0) is 17.7 Å². The van der Waals surface area contributed by atoms with Gasteiger partial charge in [-0.25, -0.2) is 8.42 Å². The van der Waals surface area contributed by atoms with Crippen molar-refractivity contribution in [2.24, 2.45) is 5.92 Å². The number of sulfone groups is 1. The Bertz CT molecular complexity index is 650.